The van der Waals surface area contributed by atoms with Crippen molar-refractivity contribution in [3.63, 3.8) is 0 Å². The van der Waals surface area contributed by atoms with E-state index in [1.807, 2.05) is 13.8 Å². The molecular weight excluding hydrogens is 752 g/mol. The number of aromatic nitrogens is 6. The molecule has 0 amide bonds. The number of ether oxygens (including phenoxy) is 1. The molecule has 1 saturated heterocycles. The summed E-state index contributed by atoms with van der Waals surface area (Å²) in [6, 6.07) is 0. The highest BCUT2D eigenvalue weighted by Gasteiger charge is 2.46. The smallest absolute Gasteiger partial charge is 0.388 e. The van der Waals surface area contributed by atoms with Gasteiger partial charge in [0.05, 0.1) is 25.2 Å². The van der Waals surface area contributed by atoms with Crippen molar-refractivity contribution in [3.05, 3.63) is 56.9 Å². The highest BCUT2D eigenvalue weighted by molar-refractivity contribution is 7.61. The molecule has 3 unspecified atom stereocenters. The third kappa shape index (κ3) is 7.95. The Morgan fingerprint density at radius 1 is 1.06 bits per heavy atom. The van der Waals surface area contributed by atoms with E-state index in [2.05, 4.69) is 39.1 Å². The Kier molecular flexibility index (Phi) is 10.7. The van der Waals surface area contributed by atoms with Crippen molar-refractivity contribution in [2.24, 2.45) is 5.92 Å². The molecule has 288 valence electrons. The monoisotopic (exact) mass is 788 g/mol. The fourth-order valence-corrected chi connectivity index (χ4v) is 7.87. The number of hydrogen-bond donors (Lipinski definition) is 11. The molecule has 0 spiro atoms. The number of aromatic amines is 2. The van der Waals surface area contributed by atoms with Gasteiger partial charge in [0, 0.05) is 0 Å². The molecular formula is C27H36N9O15P2+. The predicted molar refractivity (Wildman–Crippen MR) is 178 cm³/mol. The lowest BCUT2D eigenvalue weighted by atomic mass is 9.92. The first-order chi connectivity index (χ1) is 24.9. The number of phosphoric ester groups is 2. The van der Waals surface area contributed by atoms with Crippen LogP contribution >= 0.6 is 15.6 Å². The van der Waals surface area contributed by atoms with E-state index in [0.29, 0.717) is 11.4 Å². The van der Waals surface area contributed by atoms with E-state index in [1.54, 1.807) is 12.2 Å². The highest BCUT2D eigenvalue weighted by Crippen LogP contribution is 2.60. The van der Waals surface area contributed by atoms with Gasteiger partial charge in [-0.1, -0.05) is 12.5 Å². The van der Waals surface area contributed by atoms with Crippen LogP contribution < -0.4 is 22.3 Å². The molecule has 1 aliphatic carbocycles. The van der Waals surface area contributed by atoms with Crippen LogP contribution in [0, 0.1) is 5.92 Å². The molecule has 2 aliphatic heterocycles. The van der Waals surface area contributed by atoms with Gasteiger partial charge in [0.1, 0.15) is 55.0 Å². The zero-order valence-corrected chi connectivity index (χ0v) is 29.4. The van der Waals surface area contributed by atoms with Crippen LogP contribution in [-0.4, -0.2) is 131 Å². The van der Waals surface area contributed by atoms with Gasteiger partial charge >= 0.3 is 27.2 Å². The summed E-state index contributed by atoms with van der Waals surface area (Å²) in [6.07, 6.45) is -6.28. The second-order valence-electron chi connectivity index (χ2n) is 12.4. The summed E-state index contributed by atoms with van der Waals surface area (Å²) >= 11 is 0. The molecule has 0 saturated carbocycles. The topological polar surface area (TPSA) is 363 Å². The van der Waals surface area contributed by atoms with Crippen molar-refractivity contribution >= 4 is 49.8 Å². The summed E-state index contributed by atoms with van der Waals surface area (Å²) in [7, 11) is -11.0. The van der Waals surface area contributed by atoms with E-state index < -0.39 is 89.5 Å². The third-order valence-electron chi connectivity index (χ3n) is 8.69. The number of aliphatic hydroxyl groups is 5. The van der Waals surface area contributed by atoms with Crippen LogP contribution in [0.1, 0.15) is 20.1 Å². The van der Waals surface area contributed by atoms with Crippen molar-refractivity contribution in [3.8, 4) is 0 Å². The number of nitrogens with two attached hydrogens (primary N) is 1. The van der Waals surface area contributed by atoms with Gasteiger partial charge in [-0.3, -0.25) is 23.4 Å². The van der Waals surface area contributed by atoms with Gasteiger partial charge in [0.15, 0.2) is 29.1 Å². The van der Waals surface area contributed by atoms with Crippen molar-refractivity contribution in [2.45, 2.75) is 56.7 Å². The Balaban J connectivity index is 1.06. The maximum absolute atomic E-state index is 12.6. The van der Waals surface area contributed by atoms with Gasteiger partial charge < -0.3 is 51.1 Å². The molecule has 1 fully saturated rings. The van der Waals surface area contributed by atoms with Crippen molar-refractivity contribution in [1.29, 1.82) is 0 Å². The molecule has 10 atom stereocenters. The van der Waals surface area contributed by atoms with E-state index in [1.165, 1.54) is 15.5 Å². The summed E-state index contributed by atoms with van der Waals surface area (Å²) in [6.45, 7) is 1.05. The molecule has 53 heavy (non-hydrogen) atoms. The fraction of sp³-hybridized carbons (Fsp3) is 0.481. The third-order valence-corrected chi connectivity index (χ3v) is 11.3. The molecule has 0 aromatic carbocycles. The number of fused-ring (bicyclic) bond motifs is 3. The minimum atomic E-state index is -5.53. The average molecular weight is 789 g/mol. The average Bonchev–Trinajstić information content (AvgIpc) is 3.63. The lowest BCUT2D eigenvalue weighted by molar-refractivity contribution is -0.459. The van der Waals surface area contributed by atoms with Gasteiger partial charge in [-0.2, -0.15) is 9.29 Å². The number of allylic oxidation sites excluding steroid dienone is 3. The second kappa shape index (κ2) is 14.7. The Morgan fingerprint density at radius 3 is 2.51 bits per heavy atom. The standard InChI is InChI=1S/C27H35N9O15P2/c1-10-3-12-13(4-11(10)2)35(24-18(32-12)25(42)34-27(43)33-24)5-14(37)19(39)15(38)6-48-52(44,45)51-53(46,47)49-7-16-20(40)21(41)26(50-16)36-9-31-17-22(28)29-8-30-23(17)36/h3-4,8-10,14-16,19-21,26,32,37-41H,5-7H2,1-2H3,(H5-,28,29,30,33,34,42,43,44,45,46,47)/p+1/t10?,14-,15+,16+,19-,20+,21+,26+/m0/s1. The normalized spacial score (nSPS) is 26.8. The first kappa shape index (κ1) is 38.7. The quantitative estimate of drug-likeness (QED) is 0.0626. The van der Waals surface area contributed by atoms with Gasteiger partial charge in [0.2, 0.25) is 0 Å². The zero-order valence-electron chi connectivity index (χ0n) is 27.7. The number of nitrogen functional groups attached to an aromatic ring is 1. The zero-order chi connectivity index (χ0) is 38.6. The van der Waals surface area contributed by atoms with Gasteiger partial charge in [-0.05, 0) is 25.0 Å². The Morgan fingerprint density at radius 2 is 1.77 bits per heavy atom. The van der Waals surface area contributed by atoms with E-state index in [9.17, 15) is 54.0 Å². The molecule has 0 bridgehead atoms. The largest absolute Gasteiger partial charge is 0.481 e. The van der Waals surface area contributed by atoms with Crippen LogP contribution in [0.15, 0.2) is 45.7 Å². The number of rotatable bonds is 13. The Labute approximate surface area is 296 Å². The van der Waals surface area contributed by atoms with E-state index >= 15 is 0 Å². The molecule has 3 aromatic heterocycles. The number of hydrogen-bond acceptors (Lipinski definition) is 18. The number of H-pyrrole nitrogens is 2. The molecule has 3 aromatic rings. The number of anilines is 2. The lowest BCUT2D eigenvalue weighted by Gasteiger charge is -2.28. The van der Waals surface area contributed by atoms with Crippen LogP contribution in [0.4, 0.5) is 17.3 Å². The minimum Gasteiger partial charge on any atom is -0.388 e. The number of nitrogens with zero attached hydrogens (tertiary/aromatic N) is 5. The summed E-state index contributed by atoms with van der Waals surface area (Å²) in [4.78, 5) is 61.3. The fourth-order valence-electron chi connectivity index (χ4n) is 5.78. The molecule has 24 nitrogen and oxygen atoms in total. The van der Waals surface area contributed by atoms with Crippen LogP contribution in [0.25, 0.3) is 11.2 Å². The molecule has 26 heteroatoms. The summed E-state index contributed by atoms with van der Waals surface area (Å²) in [5.41, 5.74) is 6.16. The first-order valence-electron chi connectivity index (χ1n) is 15.7. The second-order valence-corrected chi connectivity index (χ2v) is 15.4. The number of β-amino-alcohol motifs (C(OH)–C–C–N with tert-alkyl or cyclic N) is 1. The van der Waals surface area contributed by atoms with Gasteiger partial charge in [-0.15, -0.1) is 0 Å². The summed E-state index contributed by atoms with van der Waals surface area (Å²) in [5, 5.41) is 56.1. The van der Waals surface area contributed by atoms with Crippen molar-refractivity contribution < 1.29 is 67.1 Å². The van der Waals surface area contributed by atoms with Gasteiger partial charge in [-0.25, -0.2) is 33.5 Å². The molecule has 5 heterocycles. The molecule has 12 N–H and O–H groups in total. The lowest BCUT2D eigenvalue weighted by Crippen LogP contribution is -2.46. The maximum Gasteiger partial charge on any atom is 0.481 e. The number of phosphoric acid groups is 2. The summed E-state index contributed by atoms with van der Waals surface area (Å²) < 4.78 is 46.7. The first-order valence-corrected chi connectivity index (χ1v) is 18.7. The van der Waals surface area contributed by atoms with E-state index in [-0.39, 0.29) is 34.4 Å². The SMILES string of the molecule is CC1=CC2=[N+](C[C@H](O)[C@H](O)[C@H](O)COP(=O)(O)OP(=O)(O)OC[C@H]3O[C@@H](n4cnc5c(N)ncnc54)[C@H](O)[C@@H]3O)c3[nH]c(=O)[nH]c(=O)c3NC2=CC1C. The highest BCUT2D eigenvalue weighted by atomic mass is 31.3. The predicted octanol–water partition coefficient (Wildman–Crippen LogP) is -2.57. The molecule has 3 aliphatic rings. The molecule has 6 rings (SSSR count). The van der Waals surface area contributed by atoms with Gasteiger partial charge in [0.25, 0.3) is 5.56 Å². The van der Waals surface area contributed by atoms with E-state index in [0.717, 1.165) is 11.9 Å². The van der Waals surface area contributed by atoms with E-state index in [4.69, 9.17) is 15.0 Å². The Hall–Kier alpha value is -4.00. The Bertz CT molecular complexity index is 2220. The number of aliphatic hydroxyl groups excluding tert-OH is 5. The number of imidazole rings is 1. The van der Waals surface area contributed by atoms with Crippen LogP contribution in [-0.2, 0) is 27.2 Å². The van der Waals surface area contributed by atoms with Crippen LogP contribution in [0.5, 0.6) is 0 Å². The van der Waals surface area contributed by atoms with Crippen LogP contribution in [0.3, 0.4) is 0 Å². The number of nitrogens with one attached hydrogen (secondary N) is 3. The minimum absolute atomic E-state index is 0.0321. The maximum atomic E-state index is 12.6. The van der Waals surface area contributed by atoms with Crippen molar-refractivity contribution in [1.82, 2.24) is 29.5 Å². The molecule has 0 radical (unpaired) electrons. The van der Waals surface area contributed by atoms with Crippen molar-refractivity contribution in [2.75, 3.05) is 30.8 Å². The van der Waals surface area contributed by atoms with Crippen LogP contribution in [0.2, 0.25) is 0 Å². The summed E-state index contributed by atoms with van der Waals surface area (Å²) in [5.74, 6) is -0.0564.